The van der Waals surface area contributed by atoms with Gasteiger partial charge < -0.3 is 16.0 Å². The number of anilines is 2. The number of nitrogens with one attached hydrogen (secondary N) is 3. The monoisotopic (exact) mass is 505 g/mol. The summed E-state index contributed by atoms with van der Waals surface area (Å²) in [7, 11) is 0. The summed E-state index contributed by atoms with van der Waals surface area (Å²) < 4.78 is 29.4. The summed E-state index contributed by atoms with van der Waals surface area (Å²) in [5.41, 5.74) is 9.77. The summed E-state index contributed by atoms with van der Waals surface area (Å²) in [4.78, 5) is 20.0. The average molecular weight is 506 g/mol. The Labute approximate surface area is 212 Å². The van der Waals surface area contributed by atoms with Crippen molar-refractivity contribution in [3.8, 4) is 0 Å². The molecule has 5 rings (SSSR count). The van der Waals surface area contributed by atoms with E-state index >= 15 is 0 Å². The number of hydrogen-bond acceptors (Lipinski definition) is 7. The highest BCUT2D eigenvalue weighted by Gasteiger charge is 2.61. The number of pyridine rings is 1. The molecule has 4 aliphatic rings. The zero-order chi connectivity index (χ0) is 25.1. The van der Waals surface area contributed by atoms with Crippen LogP contribution < -0.4 is 26.7 Å². The number of nitrogens with two attached hydrogens (primary N) is 1. The van der Waals surface area contributed by atoms with Crippen LogP contribution in [0.2, 0.25) is 0 Å². The number of nitrogens with zero attached hydrogens (tertiary/aromatic N) is 3. The van der Waals surface area contributed by atoms with Gasteiger partial charge in [-0.15, -0.1) is 0 Å². The zero-order valence-electron chi connectivity index (χ0n) is 21.2. The fourth-order valence-electron chi connectivity index (χ4n) is 6.97. The zero-order valence-corrected chi connectivity index (χ0v) is 21.2. The normalized spacial score (nSPS) is 32.9. The summed E-state index contributed by atoms with van der Waals surface area (Å²) in [5.74, 6) is -1.26. The summed E-state index contributed by atoms with van der Waals surface area (Å²) in [6, 6.07) is 0. The molecule has 3 aliphatic heterocycles. The summed E-state index contributed by atoms with van der Waals surface area (Å²) in [6.45, 7) is 1.86. The minimum absolute atomic E-state index is 0.142. The van der Waals surface area contributed by atoms with E-state index in [2.05, 4.69) is 21.0 Å². The van der Waals surface area contributed by atoms with Gasteiger partial charge >= 0.3 is 0 Å². The van der Waals surface area contributed by atoms with Gasteiger partial charge in [-0.05, 0) is 31.6 Å². The molecule has 0 radical (unpaired) electrons. The lowest BCUT2D eigenvalue weighted by molar-refractivity contribution is -0.130. The maximum absolute atomic E-state index is 14.9. The van der Waals surface area contributed by atoms with Gasteiger partial charge in [0, 0.05) is 26.2 Å². The third-order valence-electron chi connectivity index (χ3n) is 8.64. The number of halogens is 2. The molecule has 200 valence electrons. The molecule has 8 nitrogen and oxygen atoms in total. The Morgan fingerprint density at radius 2 is 1.72 bits per heavy atom. The molecule has 3 saturated heterocycles. The van der Waals surface area contributed by atoms with Gasteiger partial charge in [-0.25, -0.2) is 19.2 Å². The van der Waals surface area contributed by atoms with Gasteiger partial charge in [-0.1, -0.05) is 44.9 Å². The highest BCUT2D eigenvalue weighted by atomic mass is 19.1. The molecule has 4 atom stereocenters. The smallest absolute Gasteiger partial charge is 0.233 e. The number of fused-ring (bicyclic) bond motifs is 1. The van der Waals surface area contributed by atoms with E-state index in [0.29, 0.717) is 11.4 Å². The number of alkyl halides is 1. The Morgan fingerprint density at radius 3 is 2.42 bits per heavy atom. The maximum atomic E-state index is 14.9. The third kappa shape index (κ3) is 4.97. The van der Waals surface area contributed by atoms with Crippen LogP contribution in [0.15, 0.2) is 12.4 Å². The van der Waals surface area contributed by atoms with Crippen molar-refractivity contribution in [3.05, 3.63) is 18.2 Å². The van der Waals surface area contributed by atoms with Crippen LogP contribution in [0, 0.1) is 17.7 Å². The SMILES string of the molecule is NC1NN2CC(F)CNC2(C2CCCCCCCCC2)C1C(=O)Nc1cncc(F)c1N1CCCC1. The summed E-state index contributed by atoms with van der Waals surface area (Å²) >= 11 is 0. The first-order chi connectivity index (χ1) is 17.5. The fourth-order valence-corrected chi connectivity index (χ4v) is 6.97. The van der Waals surface area contributed by atoms with E-state index in [1.165, 1.54) is 44.5 Å². The van der Waals surface area contributed by atoms with Gasteiger partial charge in [0.25, 0.3) is 0 Å². The lowest BCUT2D eigenvalue weighted by Crippen LogP contribution is -2.72. The van der Waals surface area contributed by atoms with E-state index in [0.717, 1.165) is 51.6 Å². The molecule has 4 fully saturated rings. The Bertz CT molecular complexity index is 904. The van der Waals surface area contributed by atoms with E-state index in [1.54, 1.807) is 0 Å². The first-order valence-electron chi connectivity index (χ1n) is 13.9. The van der Waals surface area contributed by atoms with Gasteiger partial charge in [-0.2, -0.15) is 0 Å². The molecule has 1 aliphatic carbocycles. The van der Waals surface area contributed by atoms with Crippen molar-refractivity contribution in [2.24, 2.45) is 17.6 Å². The molecule has 1 saturated carbocycles. The molecular weight excluding hydrogens is 464 g/mol. The lowest BCUT2D eigenvalue weighted by Gasteiger charge is -2.51. The number of amides is 1. The Balaban J connectivity index is 1.45. The molecule has 5 N–H and O–H groups in total. The van der Waals surface area contributed by atoms with Gasteiger partial charge in [-0.3, -0.25) is 15.1 Å². The molecular formula is C26H41F2N7O. The average Bonchev–Trinajstić information content (AvgIpc) is 3.48. The first kappa shape index (κ1) is 25.8. The maximum Gasteiger partial charge on any atom is 0.233 e. The number of aromatic nitrogens is 1. The Morgan fingerprint density at radius 1 is 1.06 bits per heavy atom. The largest absolute Gasteiger partial charge is 0.367 e. The van der Waals surface area contributed by atoms with Crippen molar-refractivity contribution in [2.75, 3.05) is 36.4 Å². The Hall–Kier alpha value is -1.88. The molecule has 4 heterocycles. The van der Waals surface area contributed by atoms with Crippen LogP contribution in [0.5, 0.6) is 0 Å². The third-order valence-corrected chi connectivity index (χ3v) is 8.64. The standard InChI is InChI=1S/C26H41F2N7O/c27-19-14-31-26(18-10-6-4-2-1-3-5-7-11-18)22(24(29)33-35(26)17-19)25(36)32-21-16-30-15-20(28)23(21)34-12-8-9-13-34/h15-16,18-19,22,24,31,33H,1-14,17,29H2,(H,32,36). The first-order valence-corrected chi connectivity index (χ1v) is 13.9. The van der Waals surface area contributed by atoms with Gasteiger partial charge in [0.15, 0.2) is 5.82 Å². The number of rotatable bonds is 4. The molecule has 1 aromatic heterocycles. The van der Waals surface area contributed by atoms with E-state index in [4.69, 9.17) is 5.73 Å². The minimum atomic E-state index is -1.05. The van der Waals surface area contributed by atoms with Crippen molar-refractivity contribution >= 4 is 17.3 Å². The van der Waals surface area contributed by atoms with Crippen LogP contribution in [0.1, 0.15) is 70.6 Å². The molecule has 4 unspecified atom stereocenters. The van der Waals surface area contributed by atoms with Crippen LogP contribution in [-0.4, -0.2) is 60.1 Å². The number of hydrazine groups is 1. The van der Waals surface area contributed by atoms with E-state index in [-0.39, 0.29) is 24.9 Å². The predicted octanol–water partition coefficient (Wildman–Crippen LogP) is 3.26. The van der Waals surface area contributed by atoms with Crippen LogP contribution >= 0.6 is 0 Å². The van der Waals surface area contributed by atoms with Crippen LogP contribution in [-0.2, 0) is 4.79 Å². The number of carbonyl (C=O) groups is 1. The van der Waals surface area contributed by atoms with Crippen molar-refractivity contribution < 1.29 is 13.6 Å². The van der Waals surface area contributed by atoms with Crippen molar-refractivity contribution in [2.45, 2.75) is 88.6 Å². The van der Waals surface area contributed by atoms with E-state index in [9.17, 15) is 13.6 Å². The van der Waals surface area contributed by atoms with Gasteiger partial charge in [0.2, 0.25) is 5.91 Å². The molecule has 0 aromatic carbocycles. The summed E-state index contributed by atoms with van der Waals surface area (Å²) in [6.07, 6.45) is 13.1. The molecule has 1 amide bonds. The van der Waals surface area contributed by atoms with Crippen molar-refractivity contribution in [1.82, 2.24) is 20.7 Å². The van der Waals surface area contributed by atoms with Gasteiger partial charge in [0.05, 0.1) is 24.2 Å². The van der Waals surface area contributed by atoms with Crippen molar-refractivity contribution in [1.29, 1.82) is 0 Å². The van der Waals surface area contributed by atoms with Crippen LogP contribution in [0.25, 0.3) is 0 Å². The topological polar surface area (TPSA) is 98.5 Å². The van der Waals surface area contributed by atoms with Crippen LogP contribution in [0.3, 0.4) is 0 Å². The second-order valence-electron chi connectivity index (χ2n) is 11.0. The number of hydrogen-bond donors (Lipinski definition) is 4. The molecule has 36 heavy (non-hydrogen) atoms. The highest BCUT2D eigenvalue weighted by Crippen LogP contribution is 2.44. The van der Waals surface area contributed by atoms with Crippen molar-refractivity contribution in [3.63, 3.8) is 0 Å². The van der Waals surface area contributed by atoms with Gasteiger partial charge in [0.1, 0.15) is 23.4 Å². The predicted molar refractivity (Wildman–Crippen MR) is 136 cm³/mol. The minimum Gasteiger partial charge on any atom is -0.367 e. The van der Waals surface area contributed by atoms with E-state index in [1.807, 2.05) is 9.91 Å². The van der Waals surface area contributed by atoms with Crippen LogP contribution in [0.4, 0.5) is 20.2 Å². The lowest BCUT2D eigenvalue weighted by atomic mass is 9.73. The fraction of sp³-hybridized carbons (Fsp3) is 0.769. The molecule has 10 heteroatoms. The molecule has 0 bridgehead atoms. The molecule has 1 aromatic rings. The second-order valence-corrected chi connectivity index (χ2v) is 11.0. The summed E-state index contributed by atoms with van der Waals surface area (Å²) in [5, 5.41) is 8.34. The number of carbonyl (C=O) groups excluding carboxylic acids is 1. The Kier molecular flexibility index (Phi) is 8.05. The second kappa shape index (κ2) is 11.2. The quantitative estimate of drug-likeness (QED) is 0.499. The molecule has 0 spiro atoms. The van der Waals surface area contributed by atoms with E-state index < -0.39 is 29.7 Å². The highest BCUT2D eigenvalue weighted by molar-refractivity contribution is 5.97.